The number of H-pyrrole nitrogens is 1. The van der Waals surface area contributed by atoms with E-state index in [1.165, 1.54) is 36.4 Å². The predicted molar refractivity (Wildman–Crippen MR) is 88.6 cm³/mol. The van der Waals surface area contributed by atoms with E-state index in [0.717, 1.165) is 4.57 Å². The van der Waals surface area contributed by atoms with Crippen molar-refractivity contribution in [3.63, 3.8) is 0 Å². The summed E-state index contributed by atoms with van der Waals surface area (Å²) in [6.45, 7) is -1.34. The first-order chi connectivity index (χ1) is 12.6. The summed E-state index contributed by atoms with van der Waals surface area (Å²) in [5, 5.41) is -0.0486. The number of nitrogens with one attached hydrogen (secondary N) is 1. The Kier molecular flexibility index (Phi) is 3.56. The third-order valence-corrected chi connectivity index (χ3v) is 4.38. The normalized spacial score (nSPS) is 13.1. The second-order valence-corrected chi connectivity index (χ2v) is 6.15. The topological polar surface area (TPSA) is 37.8 Å². The van der Waals surface area contributed by atoms with E-state index >= 15 is 0 Å². The fourth-order valence-corrected chi connectivity index (χ4v) is 3.47. The van der Waals surface area contributed by atoms with Crippen LogP contribution in [0.5, 0.6) is 0 Å². The summed E-state index contributed by atoms with van der Waals surface area (Å²) in [4.78, 5) is 14.0. The van der Waals surface area contributed by atoms with E-state index in [1.54, 1.807) is 0 Å². The molecule has 3 nitrogen and oxygen atoms in total. The van der Waals surface area contributed by atoms with Gasteiger partial charge in [0.2, 0.25) is 5.56 Å². The Hall–Kier alpha value is -2.97. The molecule has 0 bridgehead atoms. The van der Waals surface area contributed by atoms with Crippen LogP contribution in [0.25, 0.3) is 32.7 Å². The van der Waals surface area contributed by atoms with Gasteiger partial charge in [-0.1, -0.05) is 18.2 Å². The van der Waals surface area contributed by atoms with E-state index in [4.69, 9.17) is 0 Å². The SMILES string of the molecule is O=c1cc(C(F)(F)F)c2c(ccc3c2c2ccccc2n3CC(F)(F)F)[nH]1. The van der Waals surface area contributed by atoms with Crippen molar-refractivity contribution < 1.29 is 26.3 Å². The van der Waals surface area contributed by atoms with Crippen molar-refractivity contribution >= 4 is 32.7 Å². The highest BCUT2D eigenvalue weighted by atomic mass is 19.4. The van der Waals surface area contributed by atoms with Crippen LogP contribution in [0.4, 0.5) is 26.3 Å². The molecule has 2 heterocycles. The van der Waals surface area contributed by atoms with Gasteiger partial charge in [0.1, 0.15) is 6.54 Å². The molecule has 4 aromatic rings. The molecule has 0 spiro atoms. The lowest BCUT2D eigenvalue weighted by molar-refractivity contribution is -0.139. The number of hydrogen-bond acceptors (Lipinski definition) is 1. The van der Waals surface area contributed by atoms with Crippen LogP contribution in [0.15, 0.2) is 47.3 Å². The average Bonchev–Trinajstić information content (AvgIpc) is 2.86. The van der Waals surface area contributed by atoms with Gasteiger partial charge in [-0.25, -0.2) is 0 Å². The van der Waals surface area contributed by atoms with Crippen LogP contribution in [-0.2, 0) is 12.7 Å². The van der Waals surface area contributed by atoms with Gasteiger partial charge in [0.25, 0.3) is 0 Å². The molecule has 27 heavy (non-hydrogen) atoms. The number of nitrogens with zero attached hydrogens (tertiary/aromatic N) is 1. The standard InChI is InChI=1S/C18H10F6N2O/c19-17(20,21)8-26-12-4-2-1-3-9(12)15-13(26)6-5-11-16(15)10(18(22,23)24)7-14(27)25-11/h1-7H,8H2,(H,25,27). The van der Waals surface area contributed by atoms with E-state index in [0.29, 0.717) is 6.07 Å². The first-order valence-electron chi connectivity index (χ1n) is 7.77. The summed E-state index contributed by atoms with van der Waals surface area (Å²) in [6, 6.07) is 8.86. The minimum atomic E-state index is -4.84. The molecular weight excluding hydrogens is 374 g/mol. The van der Waals surface area contributed by atoms with Gasteiger partial charge in [-0.15, -0.1) is 0 Å². The van der Waals surface area contributed by atoms with Gasteiger partial charge in [-0.05, 0) is 18.2 Å². The largest absolute Gasteiger partial charge is 0.417 e. The van der Waals surface area contributed by atoms with E-state index in [1.807, 2.05) is 0 Å². The van der Waals surface area contributed by atoms with Crippen LogP contribution in [0, 0.1) is 0 Å². The van der Waals surface area contributed by atoms with E-state index < -0.39 is 30.0 Å². The molecule has 0 saturated heterocycles. The van der Waals surface area contributed by atoms with Crippen LogP contribution >= 0.6 is 0 Å². The van der Waals surface area contributed by atoms with Crippen LogP contribution in [0.3, 0.4) is 0 Å². The molecule has 0 fully saturated rings. The summed E-state index contributed by atoms with van der Waals surface area (Å²) in [7, 11) is 0. The molecule has 4 rings (SSSR count). The number of alkyl halides is 6. The van der Waals surface area contributed by atoms with Crippen LogP contribution in [0.2, 0.25) is 0 Å². The van der Waals surface area contributed by atoms with Crippen LogP contribution in [-0.4, -0.2) is 15.7 Å². The average molecular weight is 384 g/mol. The summed E-state index contributed by atoms with van der Waals surface area (Å²) < 4.78 is 80.8. The Balaban J connectivity index is 2.27. The molecule has 140 valence electrons. The Bertz CT molecular complexity index is 1250. The Morgan fingerprint density at radius 3 is 2.26 bits per heavy atom. The maximum atomic E-state index is 13.6. The summed E-state index contributed by atoms with van der Waals surface area (Å²) >= 11 is 0. The fourth-order valence-electron chi connectivity index (χ4n) is 3.47. The van der Waals surface area contributed by atoms with Crippen LogP contribution in [0.1, 0.15) is 5.56 Å². The van der Waals surface area contributed by atoms with Gasteiger partial charge in [0.05, 0.1) is 11.1 Å². The lowest BCUT2D eigenvalue weighted by Gasteiger charge is -2.13. The maximum Gasteiger partial charge on any atom is 0.417 e. The van der Waals surface area contributed by atoms with Crippen LogP contribution < -0.4 is 5.56 Å². The zero-order chi connectivity index (χ0) is 19.6. The Labute approximate surface area is 146 Å². The van der Waals surface area contributed by atoms with Gasteiger partial charge < -0.3 is 9.55 Å². The zero-order valence-corrected chi connectivity index (χ0v) is 13.4. The third-order valence-electron chi connectivity index (χ3n) is 4.38. The molecule has 2 aromatic heterocycles. The first-order valence-corrected chi connectivity index (χ1v) is 7.77. The lowest BCUT2D eigenvalue weighted by Crippen LogP contribution is -2.17. The predicted octanol–water partition coefficient (Wildman–Crippen LogP) is 5.22. The summed E-state index contributed by atoms with van der Waals surface area (Å²) in [5.41, 5.74) is -2.03. The smallest absolute Gasteiger partial charge is 0.331 e. The highest BCUT2D eigenvalue weighted by molar-refractivity contribution is 6.21. The van der Waals surface area contributed by atoms with Gasteiger partial charge in [0, 0.05) is 33.3 Å². The van der Waals surface area contributed by atoms with Gasteiger partial charge in [-0.3, -0.25) is 4.79 Å². The number of aromatic nitrogens is 2. The second kappa shape index (κ2) is 5.51. The molecule has 0 radical (unpaired) electrons. The van der Waals surface area contributed by atoms with Crippen molar-refractivity contribution in [1.82, 2.24) is 9.55 Å². The molecule has 0 amide bonds. The van der Waals surface area contributed by atoms with Gasteiger partial charge in [-0.2, -0.15) is 26.3 Å². The first kappa shape index (κ1) is 17.4. The number of pyridine rings is 1. The maximum absolute atomic E-state index is 13.6. The molecule has 0 saturated carbocycles. The van der Waals surface area contributed by atoms with Gasteiger partial charge >= 0.3 is 12.4 Å². The van der Waals surface area contributed by atoms with E-state index in [-0.39, 0.29) is 32.7 Å². The molecule has 0 unspecified atom stereocenters. The highest BCUT2D eigenvalue weighted by Crippen LogP contribution is 2.41. The van der Waals surface area contributed by atoms with Crippen molar-refractivity contribution in [2.75, 3.05) is 0 Å². The number of aromatic amines is 1. The van der Waals surface area contributed by atoms with Crippen molar-refractivity contribution in [2.24, 2.45) is 0 Å². The highest BCUT2D eigenvalue weighted by Gasteiger charge is 2.35. The number of fused-ring (bicyclic) bond motifs is 5. The molecule has 0 aliphatic rings. The molecule has 9 heteroatoms. The third kappa shape index (κ3) is 2.83. The number of halogens is 6. The van der Waals surface area contributed by atoms with E-state index in [2.05, 4.69) is 4.98 Å². The van der Waals surface area contributed by atoms with E-state index in [9.17, 15) is 31.1 Å². The molecular formula is C18H10F6N2O. The molecule has 0 aliphatic carbocycles. The fraction of sp³-hybridized carbons (Fsp3) is 0.167. The second-order valence-electron chi connectivity index (χ2n) is 6.15. The van der Waals surface area contributed by atoms with Crippen molar-refractivity contribution in [3.05, 3.63) is 58.4 Å². The van der Waals surface area contributed by atoms with Crippen molar-refractivity contribution in [1.29, 1.82) is 0 Å². The van der Waals surface area contributed by atoms with Gasteiger partial charge in [0.15, 0.2) is 0 Å². The molecule has 0 atom stereocenters. The number of hydrogen-bond donors (Lipinski definition) is 1. The molecule has 1 N–H and O–H groups in total. The minimum absolute atomic E-state index is 0.0126. The van der Waals surface area contributed by atoms with Crippen molar-refractivity contribution in [3.8, 4) is 0 Å². The summed E-state index contributed by atoms with van der Waals surface area (Å²) in [6.07, 6.45) is -9.39. The monoisotopic (exact) mass is 384 g/mol. The molecule has 0 aliphatic heterocycles. The summed E-state index contributed by atoms with van der Waals surface area (Å²) in [5.74, 6) is 0. The molecule has 2 aromatic carbocycles. The number of rotatable bonds is 1. The Morgan fingerprint density at radius 1 is 0.889 bits per heavy atom. The number of para-hydroxylation sites is 1. The quantitative estimate of drug-likeness (QED) is 0.449. The number of benzene rings is 2. The minimum Gasteiger partial charge on any atom is -0.331 e. The lowest BCUT2D eigenvalue weighted by atomic mass is 10.0. The Morgan fingerprint density at radius 2 is 1.59 bits per heavy atom. The zero-order valence-electron chi connectivity index (χ0n) is 13.4. The van der Waals surface area contributed by atoms with Crippen molar-refractivity contribution in [2.45, 2.75) is 18.9 Å².